The molecule has 1 aliphatic heterocycles. The molecule has 3 heterocycles. The lowest BCUT2D eigenvalue weighted by molar-refractivity contribution is 0.275. The number of furan rings is 1. The summed E-state index contributed by atoms with van der Waals surface area (Å²) in [5, 5.41) is 4.90. The summed E-state index contributed by atoms with van der Waals surface area (Å²) in [6, 6.07) is 15.8. The van der Waals surface area contributed by atoms with E-state index in [0.717, 1.165) is 51.4 Å². The van der Waals surface area contributed by atoms with E-state index >= 15 is 0 Å². The third kappa shape index (κ3) is 3.52. The van der Waals surface area contributed by atoms with E-state index in [4.69, 9.17) is 28.2 Å². The Kier molecular flexibility index (Phi) is 5.38. The molecule has 3 aromatic rings. The number of pyridine rings is 1. The van der Waals surface area contributed by atoms with E-state index in [2.05, 4.69) is 22.1 Å². The number of aryl methyl sites for hydroxylation is 1. The maximum Gasteiger partial charge on any atom is 0.170 e. The van der Waals surface area contributed by atoms with E-state index in [1.54, 1.807) is 0 Å². The average Bonchev–Trinajstić information content (AvgIpc) is 3.30. The van der Waals surface area contributed by atoms with E-state index in [1.807, 2.05) is 61.7 Å². The highest BCUT2D eigenvalue weighted by Crippen LogP contribution is 2.40. The van der Waals surface area contributed by atoms with Gasteiger partial charge < -0.3 is 14.6 Å². The summed E-state index contributed by atoms with van der Waals surface area (Å²) in [6.07, 6.45) is 2.80. The monoisotopic (exact) mass is 411 g/mol. The maximum absolute atomic E-state index is 6.30. The van der Waals surface area contributed by atoms with Gasteiger partial charge in [-0.1, -0.05) is 36.7 Å². The molecule has 144 valence electrons. The van der Waals surface area contributed by atoms with Crippen LogP contribution < -0.4 is 5.32 Å². The molecule has 28 heavy (non-hydrogen) atoms. The van der Waals surface area contributed by atoms with Gasteiger partial charge in [0.05, 0.1) is 11.7 Å². The lowest BCUT2D eigenvalue weighted by atomic mass is 10.0. The first-order chi connectivity index (χ1) is 13.6. The predicted molar refractivity (Wildman–Crippen MR) is 116 cm³/mol. The Balaban J connectivity index is 1.72. The van der Waals surface area contributed by atoms with Crippen molar-refractivity contribution in [3.8, 4) is 11.3 Å². The Morgan fingerprint density at radius 2 is 2.07 bits per heavy atom. The molecule has 1 fully saturated rings. The van der Waals surface area contributed by atoms with E-state index in [0.29, 0.717) is 0 Å². The summed E-state index contributed by atoms with van der Waals surface area (Å²) in [7, 11) is 0. The highest BCUT2D eigenvalue weighted by Gasteiger charge is 2.41. The fourth-order valence-electron chi connectivity index (χ4n) is 3.61. The van der Waals surface area contributed by atoms with Gasteiger partial charge in [0.25, 0.3) is 0 Å². The van der Waals surface area contributed by atoms with Gasteiger partial charge in [-0.15, -0.1) is 0 Å². The minimum Gasteiger partial charge on any atom is -0.459 e. The molecule has 4 rings (SSSR count). The van der Waals surface area contributed by atoms with E-state index in [9.17, 15) is 0 Å². The molecule has 0 bridgehead atoms. The Morgan fingerprint density at radius 1 is 1.21 bits per heavy atom. The Morgan fingerprint density at radius 3 is 2.79 bits per heavy atom. The van der Waals surface area contributed by atoms with Crippen LogP contribution in [-0.2, 0) is 0 Å². The van der Waals surface area contributed by atoms with Crippen molar-refractivity contribution in [3.63, 3.8) is 0 Å². The molecule has 4 nitrogen and oxygen atoms in total. The SMILES string of the molecule is CCCN1C(=S)N[C@H](c2ccccn2)[C@H]1c1ccc(-c2ccc(C)c(Cl)c2)o1. The van der Waals surface area contributed by atoms with Crippen LogP contribution in [0, 0.1) is 6.92 Å². The van der Waals surface area contributed by atoms with Crippen LogP contribution in [0.5, 0.6) is 0 Å². The number of nitrogens with zero attached hydrogens (tertiary/aromatic N) is 2. The topological polar surface area (TPSA) is 41.3 Å². The standard InChI is InChI=1S/C22H22ClN3OS/c1-3-12-26-21(20(25-22(26)28)17-6-4-5-11-24-17)19-10-9-18(27-19)15-8-7-14(2)16(23)13-15/h4-11,13,20-21H,3,12H2,1-2H3,(H,25,28)/t20-,21-/m1/s1. The largest absolute Gasteiger partial charge is 0.459 e. The quantitative estimate of drug-likeness (QED) is 0.546. The minimum absolute atomic E-state index is 0.0444. The molecule has 0 spiro atoms. The lowest BCUT2D eigenvalue weighted by Gasteiger charge is -2.25. The fraction of sp³-hybridized carbons (Fsp3) is 0.273. The summed E-state index contributed by atoms with van der Waals surface area (Å²) in [5.41, 5.74) is 2.96. The molecule has 2 atom stereocenters. The van der Waals surface area contributed by atoms with Gasteiger partial charge in [-0.05, 0) is 61.5 Å². The summed E-state index contributed by atoms with van der Waals surface area (Å²) < 4.78 is 6.30. The fourth-order valence-corrected chi connectivity index (χ4v) is 4.12. The Bertz CT molecular complexity index is 988. The summed E-state index contributed by atoms with van der Waals surface area (Å²) in [6.45, 7) is 4.99. The second-order valence-electron chi connectivity index (χ2n) is 6.99. The van der Waals surface area contributed by atoms with Crippen molar-refractivity contribution < 1.29 is 4.42 Å². The van der Waals surface area contributed by atoms with Gasteiger partial charge in [0.15, 0.2) is 5.11 Å². The zero-order valence-corrected chi connectivity index (χ0v) is 17.4. The van der Waals surface area contributed by atoms with E-state index in [-0.39, 0.29) is 12.1 Å². The van der Waals surface area contributed by atoms with Crippen LogP contribution in [0.4, 0.5) is 0 Å². The van der Waals surface area contributed by atoms with Crippen LogP contribution in [0.1, 0.15) is 42.4 Å². The predicted octanol–water partition coefficient (Wildman–Crippen LogP) is 5.69. The second-order valence-corrected chi connectivity index (χ2v) is 7.78. The van der Waals surface area contributed by atoms with Crippen LogP contribution in [-0.4, -0.2) is 21.5 Å². The summed E-state index contributed by atoms with van der Waals surface area (Å²) in [4.78, 5) is 6.74. The van der Waals surface area contributed by atoms with Crippen LogP contribution >= 0.6 is 23.8 Å². The van der Waals surface area contributed by atoms with E-state index < -0.39 is 0 Å². The van der Waals surface area contributed by atoms with Gasteiger partial charge >= 0.3 is 0 Å². The number of hydrogen-bond donors (Lipinski definition) is 1. The molecule has 1 saturated heterocycles. The molecule has 0 unspecified atom stereocenters. The molecular weight excluding hydrogens is 390 g/mol. The highest BCUT2D eigenvalue weighted by atomic mass is 35.5. The zero-order chi connectivity index (χ0) is 19.7. The number of hydrogen-bond acceptors (Lipinski definition) is 3. The van der Waals surface area contributed by atoms with Gasteiger partial charge in [0.2, 0.25) is 0 Å². The van der Waals surface area contributed by atoms with Crippen LogP contribution in [0.3, 0.4) is 0 Å². The van der Waals surface area contributed by atoms with Gasteiger partial charge in [-0.3, -0.25) is 4.98 Å². The molecule has 1 aliphatic rings. The molecule has 1 aromatic carbocycles. The molecular formula is C22H22ClN3OS. The molecule has 1 N–H and O–H groups in total. The van der Waals surface area contributed by atoms with Gasteiger partial charge in [0, 0.05) is 23.3 Å². The summed E-state index contributed by atoms with van der Waals surface area (Å²) >= 11 is 11.9. The van der Waals surface area contributed by atoms with Crippen molar-refractivity contribution in [2.24, 2.45) is 0 Å². The van der Waals surface area contributed by atoms with Crippen molar-refractivity contribution in [3.05, 3.63) is 76.8 Å². The molecule has 2 aromatic heterocycles. The number of rotatable bonds is 5. The van der Waals surface area contributed by atoms with E-state index in [1.165, 1.54) is 0 Å². The summed E-state index contributed by atoms with van der Waals surface area (Å²) in [5.74, 6) is 1.66. The van der Waals surface area contributed by atoms with Crippen LogP contribution in [0.15, 0.2) is 59.1 Å². The first kappa shape index (κ1) is 19.0. The van der Waals surface area contributed by atoms with Crippen molar-refractivity contribution in [1.82, 2.24) is 15.2 Å². The third-order valence-corrected chi connectivity index (χ3v) is 5.80. The third-order valence-electron chi connectivity index (χ3n) is 5.04. The maximum atomic E-state index is 6.30. The van der Waals surface area contributed by atoms with Gasteiger partial charge in [-0.2, -0.15) is 0 Å². The molecule has 0 aliphatic carbocycles. The van der Waals surface area contributed by atoms with Crippen LogP contribution in [0.2, 0.25) is 5.02 Å². The number of halogens is 1. The molecule has 0 saturated carbocycles. The van der Waals surface area contributed by atoms with Gasteiger partial charge in [-0.25, -0.2) is 0 Å². The number of aromatic nitrogens is 1. The van der Waals surface area contributed by atoms with Crippen molar-refractivity contribution in [2.75, 3.05) is 6.54 Å². The first-order valence-corrected chi connectivity index (χ1v) is 10.2. The van der Waals surface area contributed by atoms with Crippen LogP contribution in [0.25, 0.3) is 11.3 Å². The Labute approximate surface area is 175 Å². The number of nitrogens with one attached hydrogen (secondary N) is 1. The number of thiocarbonyl (C=S) groups is 1. The number of benzene rings is 1. The van der Waals surface area contributed by atoms with Crippen molar-refractivity contribution in [1.29, 1.82) is 0 Å². The molecule has 0 amide bonds. The first-order valence-electron chi connectivity index (χ1n) is 9.43. The lowest BCUT2D eigenvalue weighted by Crippen LogP contribution is -2.30. The van der Waals surface area contributed by atoms with Crippen molar-refractivity contribution in [2.45, 2.75) is 32.4 Å². The second kappa shape index (κ2) is 7.94. The minimum atomic E-state index is -0.0548. The zero-order valence-electron chi connectivity index (χ0n) is 15.9. The van der Waals surface area contributed by atoms with Gasteiger partial charge in [0.1, 0.15) is 17.6 Å². The smallest absolute Gasteiger partial charge is 0.170 e. The Hall–Kier alpha value is -2.37. The van der Waals surface area contributed by atoms with Crippen molar-refractivity contribution >= 4 is 28.9 Å². The highest BCUT2D eigenvalue weighted by molar-refractivity contribution is 7.80. The normalized spacial score (nSPS) is 19.1. The molecule has 6 heteroatoms. The molecule has 0 radical (unpaired) electrons. The average molecular weight is 412 g/mol.